The maximum Gasteiger partial charge on any atom is 0.317 e. The number of para-hydroxylation sites is 1. The zero-order valence-electron chi connectivity index (χ0n) is 14.7. The Morgan fingerprint density at radius 2 is 2.16 bits per heavy atom. The molecule has 2 aromatic rings. The van der Waals surface area contributed by atoms with Gasteiger partial charge in [0.25, 0.3) is 0 Å². The van der Waals surface area contributed by atoms with Gasteiger partial charge in [-0.15, -0.1) is 0 Å². The molecule has 0 radical (unpaired) electrons. The summed E-state index contributed by atoms with van der Waals surface area (Å²) in [6.07, 6.45) is 3.66. The highest BCUT2D eigenvalue weighted by atomic mass is 16.5. The molecule has 0 bridgehead atoms. The van der Waals surface area contributed by atoms with E-state index in [1.807, 2.05) is 29.2 Å². The van der Waals surface area contributed by atoms with Crippen molar-refractivity contribution in [2.75, 3.05) is 33.3 Å². The second-order valence-corrected chi connectivity index (χ2v) is 6.88. The quantitative estimate of drug-likeness (QED) is 0.927. The molecule has 0 aliphatic carbocycles. The first-order valence-electron chi connectivity index (χ1n) is 9.07. The summed E-state index contributed by atoms with van der Waals surface area (Å²) in [6.45, 7) is 4.42. The highest BCUT2D eigenvalue weighted by Gasteiger charge is 2.31. The zero-order chi connectivity index (χ0) is 17.2. The fourth-order valence-electron chi connectivity index (χ4n) is 3.94. The van der Waals surface area contributed by atoms with Crippen molar-refractivity contribution in [1.82, 2.24) is 15.1 Å². The summed E-state index contributed by atoms with van der Waals surface area (Å²) in [6, 6.07) is 8.26. The molecule has 2 aliphatic rings. The van der Waals surface area contributed by atoms with Crippen LogP contribution in [-0.4, -0.2) is 55.2 Å². The molecule has 2 aliphatic heterocycles. The second-order valence-electron chi connectivity index (χ2n) is 6.88. The van der Waals surface area contributed by atoms with Crippen molar-refractivity contribution in [3.05, 3.63) is 30.0 Å². The topological polar surface area (TPSA) is 58.0 Å². The molecule has 3 heterocycles. The van der Waals surface area contributed by atoms with Crippen molar-refractivity contribution in [3.8, 4) is 5.75 Å². The van der Waals surface area contributed by atoms with Crippen LogP contribution < -0.4 is 10.1 Å². The fraction of sp³-hybridized carbons (Fsp3) is 0.526. The Morgan fingerprint density at radius 3 is 2.96 bits per heavy atom. The minimum absolute atomic E-state index is 0.00545. The third-order valence-electron chi connectivity index (χ3n) is 5.30. The summed E-state index contributed by atoms with van der Waals surface area (Å²) in [4.78, 5) is 16.9. The van der Waals surface area contributed by atoms with Gasteiger partial charge in [-0.3, -0.25) is 4.90 Å². The summed E-state index contributed by atoms with van der Waals surface area (Å²) in [5, 5.41) is 3.97. The van der Waals surface area contributed by atoms with Gasteiger partial charge >= 0.3 is 6.03 Å². The van der Waals surface area contributed by atoms with Crippen LogP contribution in [0.4, 0.5) is 4.79 Å². The van der Waals surface area contributed by atoms with E-state index in [0.717, 1.165) is 36.2 Å². The minimum atomic E-state index is -0.00545. The number of nitrogens with one attached hydrogen (secondary N) is 1. The van der Waals surface area contributed by atoms with Gasteiger partial charge in [0.2, 0.25) is 0 Å². The number of fused-ring (bicyclic) bond motifs is 1. The number of furan rings is 1. The SMILES string of the molecule is COc1cccc2cc(CNC(=O)N3CC[C@H](N4CCCC4)C3)oc12. The number of ether oxygens (including phenoxy) is 1. The fourth-order valence-corrected chi connectivity index (χ4v) is 3.94. The van der Waals surface area contributed by atoms with Gasteiger partial charge in [-0.2, -0.15) is 0 Å². The van der Waals surface area contributed by atoms with Gasteiger partial charge < -0.3 is 19.4 Å². The van der Waals surface area contributed by atoms with Crippen molar-refractivity contribution >= 4 is 17.0 Å². The molecule has 6 nitrogen and oxygen atoms in total. The van der Waals surface area contributed by atoms with Gasteiger partial charge in [-0.05, 0) is 44.5 Å². The lowest BCUT2D eigenvalue weighted by molar-refractivity contribution is 0.197. The lowest BCUT2D eigenvalue weighted by Crippen LogP contribution is -2.41. The van der Waals surface area contributed by atoms with E-state index in [1.54, 1.807) is 7.11 Å². The van der Waals surface area contributed by atoms with Crippen LogP contribution in [0.25, 0.3) is 11.0 Å². The number of amides is 2. The van der Waals surface area contributed by atoms with Crippen molar-refractivity contribution in [2.24, 2.45) is 0 Å². The monoisotopic (exact) mass is 343 g/mol. The maximum atomic E-state index is 12.4. The Morgan fingerprint density at radius 1 is 1.32 bits per heavy atom. The van der Waals surface area contributed by atoms with Crippen molar-refractivity contribution in [1.29, 1.82) is 0 Å². The lowest BCUT2D eigenvalue weighted by atomic mass is 10.2. The zero-order valence-corrected chi connectivity index (χ0v) is 14.7. The van der Waals surface area contributed by atoms with E-state index in [1.165, 1.54) is 25.9 Å². The van der Waals surface area contributed by atoms with E-state index < -0.39 is 0 Å². The molecule has 1 aromatic heterocycles. The van der Waals surface area contributed by atoms with Gasteiger partial charge in [-0.1, -0.05) is 12.1 Å². The van der Waals surface area contributed by atoms with Gasteiger partial charge in [0.15, 0.2) is 11.3 Å². The van der Waals surface area contributed by atoms with E-state index in [4.69, 9.17) is 9.15 Å². The van der Waals surface area contributed by atoms with Crippen LogP contribution in [0.2, 0.25) is 0 Å². The van der Waals surface area contributed by atoms with Crippen molar-refractivity contribution < 1.29 is 13.9 Å². The molecule has 1 atom stereocenters. The number of carbonyl (C=O) groups excluding carboxylic acids is 1. The normalized spacial score (nSPS) is 21.2. The predicted octanol–water partition coefficient (Wildman–Crippen LogP) is 2.82. The Balaban J connectivity index is 1.34. The van der Waals surface area contributed by atoms with E-state index in [-0.39, 0.29) is 6.03 Å². The molecular formula is C19H25N3O3. The van der Waals surface area contributed by atoms with Crippen LogP contribution in [0.1, 0.15) is 25.0 Å². The van der Waals surface area contributed by atoms with Crippen molar-refractivity contribution in [3.63, 3.8) is 0 Å². The Labute approximate surface area is 147 Å². The van der Waals surface area contributed by atoms with Gasteiger partial charge in [0.05, 0.1) is 13.7 Å². The average Bonchev–Trinajstić information content (AvgIpc) is 3.38. The number of urea groups is 1. The molecule has 0 unspecified atom stereocenters. The minimum Gasteiger partial charge on any atom is -0.493 e. The molecule has 25 heavy (non-hydrogen) atoms. The molecule has 0 spiro atoms. The molecule has 4 rings (SSSR count). The van der Waals surface area contributed by atoms with Crippen LogP contribution in [-0.2, 0) is 6.54 Å². The van der Waals surface area contributed by atoms with Crippen LogP contribution in [0, 0.1) is 0 Å². The number of hydrogen-bond donors (Lipinski definition) is 1. The molecule has 6 heteroatoms. The van der Waals surface area contributed by atoms with Gasteiger partial charge in [0, 0.05) is 24.5 Å². The first-order valence-corrected chi connectivity index (χ1v) is 9.07. The largest absolute Gasteiger partial charge is 0.493 e. The summed E-state index contributed by atoms with van der Waals surface area (Å²) in [5.41, 5.74) is 0.726. The molecule has 2 amide bonds. The number of hydrogen-bond acceptors (Lipinski definition) is 4. The number of benzene rings is 1. The Bertz CT molecular complexity index is 751. The van der Waals surface area contributed by atoms with E-state index in [0.29, 0.717) is 18.3 Å². The molecule has 2 saturated heterocycles. The van der Waals surface area contributed by atoms with E-state index >= 15 is 0 Å². The van der Waals surface area contributed by atoms with Crippen molar-refractivity contribution in [2.45, 2.75) is 31.8 Å². The molecule has 1 N–H and O–H groups in total. The highest BCUT2D eigenvalue weighted by molar-refractivity contribution is 5.83. The second kappa shape index (κ2) is 6.96. The van der Waals surface area contributed by atoms with Gasteiger partial charge in [-0.25, -0.2) is 4.79 Å². The van der Waals surface area contributed by atoms with Crippen LogP contribution in [0.5, 0.6) is 5.75 Å². The van der Waals surface area contributed by atoms with Crippen LogP contribution >= 0.6 is 0 Å². The molecular weight excluding hydrogens is 318 g/mol. The number of methoxy groups -OCH3 is 1. The number of rotatable bonds is 4. The molecule has 0 saturated carbocycles. The van der Waals surface area contributed by atoms with Gasteiger partial charge in [0.1, 0.15) is 5.76 Å². The van der Waals surface area contributed by atoms with Crippen LogP contribution in [0.3, 0.4) is 0 Å². The maximum absolute atomic E-state index is 12.4. The average molecular weight is 343 g/mol. The lowest BCUT2D eigenvalue weighted by Gasteiger charge is -2.23. The van der Waals surface area contributed by atoms with E-state index in [9.17, 15) is 4.79 Å². The first-order chi connectivity index (χ1) is 12.2. The number of likely N-dealkylation sites (tertiary alicyclic amines) is 2. The van der Waals surface area contributed by atoms with E-state index in [2.05, 4.69) is 10.2 Å². The summed E-state index contributed by atoms with van der Waals surface area (Å²) < 4.78 is 11.2. The summed E-state index contributed by atoms with van der Waals surface area (Å²) in [7, 11) is 1.63. The Hall–Kier alpha value is -2.21. The third kappa shape index (κ3) is 3.31. The summed E-state index contributed by atoms with van der Waals surface area (Å²) in [5.74, 6) is 1.45. The summed E-state index contributed by atoms with van der Waals surface area (Å²) >= 11 is 0. The Kier molecular flexibility index (Phi) is 4.53. The number of carbonyl (C=O) groups is 1. The first kappa shape index (κ1) is 16.3. The number of nitrogens with zero attached hydrogens (tertiary/aromatic N) is 2. The third-order valence-corrected chi connectivity index (χ3v) is 5.30. The predicted molar refractivity (Wildman–Crippen MR) is 95.8 cm³/mol. The smallest absolute Gasteiger partial charge is 0.317 e. The highest BCUT2D eigenvalue weighted by Crippen LogP contribution is 2.28. The van der Waals surface area contributed by atoms with Crippen LogP contribution in [0.15, 0.2) is 28.7 Å². The molecule has 134 valence electrons. The molecule has 1 aromatic carbocycles. The molecule has 2 fully saturated rings. The standard InChI is InChI=1S/C19H25N3O3/c1-24-17-6-4-5-14-11-16(25-18(14)17)12-20-19(23)22-10-7-15(13-22)21-8-2-3-9-21/h4-6,11,15H,2-3,7-10,12-13H2,1H3,(H,20,23)/t15-/m0/s1.